The summed E-state index contributed by atoms with van der Waals surface area (Å²) in [6.45, 7) is 3.82. The van der Waals surface area contributed by atoms with Crippen molar-refractivity contribution < 1.29 is 23.1 Å². The number of nitrogens with zero attached hydrogens (tertiary/aromatic N) is 3. The molecule has 2 heterocycles. The van der Waals surface area contributed by atoms with Gasteiger partial charge < -0.3 is 20.3 Å². The molecule has 0 spiro atoms. The van der Waals surface area contributed by atoms with Crippen LogP contribution in [-0.2, 0) is 16.4 Å². The van der Waals surface area contributed by atoms with E-state index in [0.717, 1.165) is 0 Å². The van der Waals surface area contributed by atoms with Gasteiger partial charge in [-0.3, -0.25) is 9.59 Å². The highest BCUT2D eigenvalue weighted by Crippen LogP contribution is 2.60. The average molecular weight is 396 g/mol. The van der Waals surface area contributed by atoms with Crippen molar-refractivity contribution in [3.8, 4) is 0 Å². The number of fused-ring (bicyclic) bond motifs is 1. The molecule has 3 N–H and O–H groups in total. The molecule has 2 aliphatic carbocycles. The molecule has 2 amide bonds. The lowest BCUT2D eigenvalue weighted by Crippen LogP contribution is -2.54. The average Bonchev–Trinajstić information content (AvgIpc) is 3.46. The van der Waals surface area contributed by atoms with Crippen molar-refractivity contribution in [2.24, 2.45) is 5.73 Å². The van der Waals surface area contributed by atoms with Crippen molar-refractivity contribution in [1.82, 2.24) is 14.5 Å². The van der Waals surface area contributed by atoms with Gasteiger partial charge in [0.2, 0.25) is 0 Å². The van der Waals surface area contributed by atoms with Crippen LogP contribution in [0.4, 0.5) is 0 Å². The van der Waals surface area contributed by atoms with E-state index in [-0.39, 0.29) is 30.5 Å². The third kappa shape index (κ3) is 2.39. The SMILES string of the molecule is CC(C)(O)C1(S(=O)(=O)C2(CN3CCn4c(cnc4C(N)=O)C3=O)CC2)CC1. The Bertz CT molecular complexity index is 935. The molecule has 1 aliphatic heterocycles. The fourth-order valence-electron chi connectivity index (χ4n) is 4.34. The summed E-state index contributed by atoms with van der Waals surface area (Å²) in [5.74, 6) is -1.02. The Balaban J connectivity index is 1.60. The lowest BCUT2D eigenvalue weighted by molar-refractivity contribution is 0.0652. The van der Waals surface area contributed by atoms with Crippen molar-refractivity contribution >= 4 is 21.7 Å². The van der Waals surface area contributed by atoms with E-state index in [1.807, 2.05) is 0 Å². The molecule has 10 heteroatoms. The predicted molar refractivity (Wildman–Crippen MR) is 95.8 cm³/mol. The molecule has 9 nitrogen and oxygen atoms in total. The molecular weight excluding hydrogens is 372 g/mol. The first-order valence-electron chi connectivity index (χ1n) is 9.07. The van der Waals surface area contributed by atoms with E-state index < -0.39 is 30.8 Å². The Labute approximate surface area is 157 Å². The first kappa shape index (κ1) is 18.4. The summed E-state index contributed by atoms with van der Waals surface area (Å²) in [5.41, 5.74) is 4.20. The maximum absolute atomic E-state index is 13.4. The Morgan fingerprint density at radius 2 is 1.93 bits per heavy atom. The quantitative estimate of drug-likeness (QED) is 0.677. The minimum atomic E-state index is -3.62. The Morgan fingerprint density at radius 1 is 1.30 bits per heavy atom. The van der Waals surface area contributed by atoms with E-state index in [9.17, 15) is 23.1 Å². The van der Waals surface area contributed by atoms with Crippen LogP contribution in [0.25, 0.3) is 0 Å². The molecule has 0 bridgehead atoms. The van der Waals surface area contributed by atoms with E-state index >= 15 is 0 Å². The number of hydrogen-bond donors (Lipinski definition) is 2. The molecule has 0 saturated heterocycles. The van der Waals surface area contributed by atoms with Gasteiger partial charge in [0.25, 0.3) is 11.8 Å². The molecule has 0 radical (unpaired) electrons. The largest absolute Gasteiger partial charge is 0.389 e. The van der Waals surface area contributed by atoms with Gasteiger partial charge in [-0.25, -0.2) is 13.4 Å². The van der Waals surface area contributed by atoms with Crippen LogP contribution in [-0.4, -0.2) is 68.0 Å². The maximum Gasteiger partial charge on any atom is 0.284 e. The van der Waals surface area contributed by atoms with Crippen LogP contribution >= 0.6 is 0 Å². The molecule has 2 saturated carbocycles. The summed E-state index contributed by atoms with van der Waals surface area (Å²) >= 11 is 0. The summed E-state index contributed by atoms with van der Waals surface area (Å²) in [7, 11) is -3.62. The van der Waals surface area contributed by atoms with Crippen LogP contribution in [0.5, 0.6) is 0 Å². The number of imidazole rings is 1. The fourth-order valence-corrected chi connectivity index (χ4v) is 7.43. The first-order valence-corrected chi connectivity index (χ1v) is 10.6. The Morgan fingerprint density at radius 3 is 2.41 bits per heavy atom. The lowest BCUT2D eigenvalue weighted by Gasteiger charge is -2.36. The van der Waals surface area contributed by atoms with E-state index in [2.05, 4.69) is 4.98 Å². The minimum absolute atomic E-state index is 0.0331. The third-order valence-electron chi connectivity index (χ3n) is 6.37. The maximum atomic E-state index is 13.4. The molecule has 4 rings (SSSR count). The van der Waals surface area contributed by atoms with Crippen LogP contribution < -0.4 is 5.73 Å². The number of nitrogens with two attached hydrogens (primary N) is 1. The molecule has 0 atom stereocenters. The van der Waals surface area contributed by atoms with Crippen LogP contribution in [0.15, 0.2) is 6.20 Å². The number of amides is 2. The molecule has 2 fully saturated rings. The topological polar surface area (TPSA) is 136 Å². The van der Waals surface area contributed by atoms with Crippen molar-refractivity contribution in [3.63, 3.8) is 0 Å². The standard InChI is InChI=1S/C17H24N4O5S/c1-15(2,24)17(5-6-17)27(25,26)16(3-4-16)10-20-7-8-21-11(14(20)23)9-19-13(21)12(18)22/h9,24H,3-8,10H2,1-2H3,(H2,18,22). The summed E-state index contributed by atoms with van der Waals surface area (Å²) in [6.07, 6.45) is 3.18. The van der Waals surface area contributed by atoms with E-state index in [1.54, 1.807) is 13.8 Å². The summed E-state index contributed by atoms with van der Waals surface area (Å²) in [4.78, 5) is 29.7. The number of aromatic nitrogens is 2. The van der Waals surface area contributed by atoms with Gasteiger partial charge in [0.1, 0.15) is 10.4 Å². The fraction of sp³-hybridized carbons (Fsp3) is 0.706. The molecule has 1 aromatic heterocycles. The number of carbonyl (C=O) groups is 2. The predicted octanol–water partition coefficient (Wildman–Crippen LogP) is -0.311. The number of sulfone groups is 1. The highest BCUT2D eigenvalue weighted by Gasteiger charge is 2.72. The molecule has 1 aromatic rings. The van der Waals surface area contributed by atoms with Gasteiger partial charge in [-0.05, 0) is 39.5 Å². The van der Waals surface area contributed by atoms with Crippen LogP contribution in [0.2, 0.25) is 0 Å². The molecule has 3 aliphatic rings. The highest BCUT2D eigenvalue weighted by atomic mass is 32.2. The van der Waals surface area contributed by atoms with Gasteiger partial charge >= 0.3 is 0 Å². The zero-order chi connectivity index (χ0) is 19.8. The second kappa shape index (κ2) is 5.32. The smallest absolute Gasteiger partial charge is 0.284 e. The number of rotatable bonds is 6. The van der Waals surface area contributed by atoms with E-state index in [4.69, 9.17) is 5.73 Å². The van der Waals surface area contributed by atoms with Gasteiger partial charge in [-0.2, -0.15) is 0 Å². The normalized spacial score (nSPS) is 23.1. The summed E-state index contributed by atoms with van der Waals surface area (Å²) < 4.78 is 26.2. The molecule has 0 unspecified atom stereocenters. The zero-order valence-electron chi connectivity index (χ0n) is 15.4. The molecule has 0 aromatic carbocycles. The lowest BCUT2D eigenvalue weighted by atomic mass is 10.0. The van der Waals surface area contributed by atoms with Crippen molar-refractivity contribution in [2.75, 3.05) is 13.1 Å². The third-order valence-corrected chi connectivity index (χ3v) is 9.98. The molecule has 148 valence electrons. The monoisotopic (exact) mass is 396 g/mol. The Hall–Kier alpha value is -1.94. The van der Waals surface area contributed by atoms with Crippen molar-refractivity contribution in [1.29, 1.82) is 0 Å². The van der Waals surface area contributed by atoms with Gasteiger partial charge in [0.05, 0.1) is 16.5 Å². The van der Waals surface area contributed by atoms with E-state index in [0.29, 0.717) is 32.2 Å². The number of carbonyl (C=O) groups excluding carboxylic acids is 2. The second-order valence-corrected chi connectivity index (χ2v) is 11.1. The number of aliphatic hydroxyl groups is 1. The highest BCUT2D eigenvalue weighted by molar-refractivity contribution is 7.94. The number of hydrogen-bond acceptors (Lipinski definition) is 6. The van der Waals surface area contributed by atoms with Gasteiger partial charge in [0.15, 0.2) is 15.7 Å². The summed E-state index contributed by atoms with van der Waals surface area (Å²) in [5, 5.41) is 10.5. The van der Waals surface area contributed by atoms with Gasteiger partial charge in [0, 0.05) is 19.6 Å². The van der Waals surface area contributed by atoms with E-state index in [1.165, 1.54) is 15.7 Å². The van der Waals surface area contributed by atoms with Crippen LogP contribution in [0.3, 0.4) is 0 Å². The van der Waals surface area contributed by atoms with Crippen molar-refractivity contribution in [3.05, 3.63) is 17.7 Å². The minimum Gasteiger partial charge on any atom is -0.389 e. The van der Waals surface area contributed by atoms with Gasteiger partial charge in [-0.1, -0.05) is 0 Å². The zero-order valence-corrected chi connectivity index (χ0v) is 16.3. The van der Waals surface area contributed by atoms with Crippen LogP contribution in [0.1, 0.15) is 60.6 Å². The summed E-state index contributed by atoms with van der Waals surface area (Å²) in [6, 6.07) is 0. The number of primary amides is 1. The molecule has 27 heavy (non-hydrogen) atoms. The van der Waals surface area contributed by atoms with Crippen LogP contribution in [0, 0.1) is 0 Å². The Kier molecular flexibility index (Phi) is 3.63. The van der Waals surface area contributed by atoms with Crippen molar-refractivity contribution in [2.45, 2.75) is 61.2 Å². The molecular formula is C17H24N4O5S. The first-order chi connectivity index (χ1) is 12.5. The van der Waals surface area contributed by atoms with Gasteiger partial charge in [-0.15, -0.1) is 0 Å². The second-order valence-electron chi connectivity index (χ2n) is 8.45.